The quantitative estimate of drug-likeness (QED) is 0.855. The van der Waals surface area contributed by atoms with Crippen LogP contribution in [0.5, 0.6) is 0 Å². The van der Waals surface area contributed by atoms with E-state index in [1.807, 2.05) is 11.7 Å². The summed E-state index contributed by atoms with van der Waals surface area (Å²) in [5.74, 6) is 0.360. The van der Waals surface area contributed by atoms with Crippen LogP contribution < -0.4 is 0 Å². The lowest BCUT2D eigenvalue weighted by Crippen LogP contribution is -2.42. The predicted octanol–water partition coefficient (Wildman–Crippen LogP) is 2.22. The maximum absolute atomic E-state index is 13.1. The van der Waals surface area contributed by atoms with Crippen molar-refractivity contribution in [3.8, 4) is 0 Å². The van der Waals surface area contributed by atoms with E-state index in [0.29, 0.717) is 25.1 Å². The van der Waals surface area contributed by atoms with Crippen molar-refractivity contribution >= 4 is 5.91 Å². The summed E-state index contributed by atoms with van der Waals surface area (Å²) in [6, 6.07) is 0.405. The van der Waals surface area contributed by atoms with Crippen molar-refractivity contribution < 1.29 is 9.53 Å². The van der Waals surface area contributed by atoms with Gasteiger partial charge in [-0.15, -0.1) is 0 Å². The minimum Gasteiger partial charge on any atom is -0.381 e. The van der Waals surface area contributed by atoms with E-state index in [1.54, 1.807) is 0 Å². The molecule has 0 N–H and O–H groups in total. The Kier molecular flexibility index (Phi) is 4.14. The number of nitrogens with zero attached hydrogens (tertiary/aromatic N) is 3. The maximum atomic E-state index is 13.1. The van der Waals surface area contributed by atoms with Crippen molar-refractivity contribution in [3.63, 3.8) is 0 Å². The highest BCUT2D eigenvalue weighted by atomic mass is 16.5. The molecule has 1 aliphatic heterocycles. The molecule has 23 heavy (non-hydrogen) atoms. The molecule has 5 nitrogen and oxygen atoms in total. The number of amides is 1. The molecule has 2 fully saturated rings. The summed E-state index contributed by atoms with van der Waals surface area (Å²) in [5.41, 5.74) is 3.92. The second kappa shape index (κ2) is 6.27. The second-order valence-corrected chi connectivity index (χ2v) is 7.31. The largest absolute Gasteiger partial charge is 0.381 e. The summed E-state index contributed by atoms with van der Waals surface area (Å²) in [7, 11) is 2.04. The first-order valence-electron chi connectivity index (χ1n) is 9.16. The maximum Gasteiger partial charge on any atom is 0.228 e. The van der Waals surface area contributed by atoms with Crippen LogP contribution in [0.1, 0.15) is 55.5 Å². The van der Waals surface area contributed by atoms with E-state index in [0.717, 1.165) is 44.4 Å². The third kappa shape index (κ3) is 2.80. The van der Waals surface area contributed by atoms with E-state index in [-0.39, 0.29) is 5.92 Å². The zero-order chi connectivity index (χ0) is 15.8. The van der Waals surface area contributed by atoms with Crippen LogP contribution in [0.3, 0.4) is 0 Å². The first-order valence-corrected chi connectivity index (χ1v) is 9.16. The van der Waals surface area contributed by atoms with Crippen LogP contribution in [0.25, 0.3) is 0 Å². The first-order chi connectivity index (χ1) is 11.2. The van der Waals surface area contributed by atoms with Crippen molar-refractivity contribution in [2.45, 2.75) is 64.0 Å². The number of carbonyl (C=O) groups excluding carboxylic acids is 1. The molecule has 2 aliphatic carbocycles. The zero-order valence-electron chi connectivity index (χ0n) is 14.1. The van der Waals surface area contributed by atoms with Crippen LogP contribution >= 0.6 is 0 Å². The lowest BCUT2D eigenvalue weighted by atomic mass is 10.0. The smallest absolute Gasteiger partial charge is 0.228 e. The van der Waals surface area contributed by atoms with E-state index < -0.39 is 0 Å². The van der Waals surface area contributed by atoms with Crippen LogP contribution in [-0.2, 0) is 36.0 Å². The standard InChI is InChI=1S/C18H27N3O2/c1-20-17-8-4-7-15(17)16(19-20)11-21(14-5-2-3-6-14)18(22)13-9-10-23-12-13/h13-14H,2-12H2,1H3. The van der Waals surface area contributed by atoms with Gasteiger partial charge in [0.05, 0.1) is 24.8 Å². The van der Waals surface area contributed by atoms with Gasteiger partial charge >= 0.3 is 0 Å². The molecule has 4 rings (SSSR count). The highest BCUT2D eigenvalue weighted by Gasteiger charge is 2.34. The zero-order valence-corrected chi connectivity index (χ0v) is 14.1. The van der Waals surface area contributed by atoms with Crippen LogP contribution in [0, 0.1) is 5.92 Å². The van der Waals surface area contributed by atoms with Gasteiger partial charge in [0, 0.05) is 25.4 Å². The van der Waals surface area contributed by atoms with E-state index in [2.05, 4.69) is 4.90 Å². The monoisotopic (exact) mass is 317 g/mol. The summed E-state index contributed by atoms with van der Waals surface area (Å²) >= 11 is 0. The average molecular weight is 317 g/mol. The Morgan fingerprint density at radius 3 is 2.83 bits per heavy atom. The lowest BCUT2D eigenvalue weighted by molar-refractivity contribution is -0.138. The van der Waals surface area contributed by atoms with E-state index in [9.17, 15) is 4.79 Å². The number of hydrogen-bond donors (Lipinski definition) is 0. The van der Waals surface area contributed by atoms with Crippen molar-refractivity contribution in [2.75, 3.05) is 13.2 Å². The third-order valence-electron chi connectivity index (χ3n) is 5.85. The van der Waals surface area contributed by atoms with Gasteiger partial charge in [-0.3, -0.25) is 9.48 Å². The van der Waals surface area contributed by atoms with E-state index in [1.165, 1.54) is 30.5 Å². The SMILES string of the molecule is Cn1nc(CN(C(=O)C2CCOC2)C2CCCC2)c2c1CCC2. The Morgan fingerprint density at radius 2 is 2.09 bits per heavy atom. The lowest BCUT2D eigenvalue weighted by Gasteiger charge is -2.30. The summed E-state index contributed by atoms with van der Waals surface area (Å²) < 4.78 is 7.49. The number of aromatic nitrogens is 2. The van der Waals surface area contributed by atoms with Gasteiger partial charge < -0.3 is 9.64 Å². The molecule has 3 aliphatic rings. The molecule has 1 aromatic heterocycles. The van der Waals surface area contributed by atoms with Gasteiger partial charge in [0.1, 0.15) is 0 Å². The molecule has 1 saturated carbocycles. The van der Waals surface area contributed by atoms with Gasteiger partial charge in [-0.2, -0.15) is 5.10 Å². The number of hydrogen-bond acceptors (Lipinski definition) is 3. The van der Waals surface area contributed by atoms with Gasteiger partial charge in [-0.25, -0.2) is 0 Å². The van der Waals surface area contributed by atoms with E-state index >= 15 is 0 Å². The number of carbonyl (C=O) groups is 1. The third-order valence-corrected chi connectivity index (χ3v) is 5.85. The molecule has 2 heterocycles. The first kappa shape index (κ1) is 15.2. The average Bonchev–Trinajstić information content (AvgIpc) is 3.32. The molecule has 1 atom stereocenters. The normalized spacial score (nSPS) is 24.3. The molecule has 126 valence electrons. The van der Waals surface area contributed by atoms with Crippen molar-refractivity contribution in [2.24, 2.45) is 13.0 Å². The van der Waals surface area contributed by atoms with Gasteiger partial charge in [0.2, 0.25) is 5.91 Å². The Labute approximate surface area is 138 Å². The fourth-order valence-corrected chi connectivity index (χ4v) is 4.55. The Bertz CT molecular complexity index is 583. The molecular weight excluding hydrogens is 290 g/mol. The molecule has 1 amide bonds. The topological polar surface area (TPSA) is 47.4 Å². The molecule has 0 bridgehead atoms. The summed E-state index contributed by atoms with van der Waals surface area (Å²) in [5, 5.41) is 4.74. The molecule has 1 unspecified atom stereocenters. The Hall–Kier alpha value is -1.36. The Balaban J connectivity index is 1.58. The van der Waals surface area contributed by atoms with Gasteiger partial charge in [0.25, 0.3) is 0 Å². The number of ether oxygens (including phenoxy) is 1. The molecule has 0 radical (unpaired) electrons. The van der Waals surface area contributed by atoms with Crippen LogP contribution in [0.4, 0.5) is 0 Å². The molecule has 5 heteroatoms. The Morgan fingerprint density at radius 1 is 1.26 bits per heavy atom. The number of fused-ring (bicyclic) bond motifs is 1. The molecule has 1 saturated heterocycles. The van der Waals surface area contributed by atoms with Crippen LogP contribution in [0.15, 0.2) is 0 Å². The number of aryl methyl sites for hydroxylation is 1. The molecule has 1 aromatic rings. The predicted molar refractivity (Wildman–Crippen MR) is 87.0 cm³/mol. The second-order valence-electron chi connectivity index (χ2n) is 7.31. The van der Waals surface area contributed by atoms with Crippen molar-refractivity contribution in [1.82, 2.24) is 14.7 Å². The van der Waals surface area contributed by atoms with Crippen molar-refractivity contribution in [1.29, 1.82) is 0 Å². The summed E-state index contributed by atoms with van der Waals surface area (Å²) in [6.07, 6.45) is 9.14. The van der Waals surface area contributed by atoms with Crippen molar-refractivity contribution in [3.05, 3.63) is 17.0 Å². The highest BCUT2D eigenvalue weighted by Crippen LogP contribution is 2.31. The number of rotatable bonds is 4. The minimum atomic E-state index is 0.0624. The fourth-order valence-electron chi connectivity index (χ4n) is 4.55. The fraction of sp³-hybridized carbons (Fsp3) is 0.778. The van der Waals surface area contributed by atoms with E-state index in [4.69, 9.17) is 9.84 Å². The summed E-state index contributed by atoms with van der Waals surface area (Å²) in [6.45, 7) is 2.03. The van der Waals surface area contributed by atoms with Crippen LogP contribution in [-0.4, -0.2) is 39.8 Å². The highest BCUT2D eigenvalue weighted by molar-refractivity contribution is 5.79. The van der Waals surface area contributed by atoms with Crippen LogP contribution in [0.2, 0.25) is 0 Å². The molecular formula is C18H27N3O2. The summed E-state index contributed by atoms with van der Waals surface area (Å²) in [4.78, 5) is 15.2. The van der Waals surface area contributed by atoms with Gasteiger partial charge in [-0.1, -0.05) is 12.8 Å². The van der Waals surface area contributed by atoms with Gasteiger partial charge in [0.15, 0.2) is 0 Å². The molecule has 0 spiro atoms. The minimum absolute atomic E-state index is 0.0624. The van der Waals surface area contributed by atoms with Gasteiger partial charge in [-0.05, 0) is 44.1 Å². The molecule has 0 aromatic carbocycles.